The average Bonchev–Trinajstić information content (AvgIpc) is 2.94. The number of rotatable bonds is 3. The summed E-state index contributed by atoms with van der Waals surface area (Å²) in [6.45, 7) is 2.11. The molecule has 5 nitrogen and oxygen atoms in total. The fourth-order valence-electron chi connectivity index (χ4n) is 2.40. The second-order valence-electron chi connectivity index (χ2n) is 5.32. The van der Waals surface area contributed by atoms with Crippen LogP contribution in [0.3, 0.4) is 0 Å². The summed E-state index contributed by atoms with van der Waals surface area (Å²) >= 11 is 0. The Bertz CT molecular complexity index is 311. The second kappa shape index (κ2) is 4.94. The minimum atomic E-state index is -0.709. The van der Waals surface area contributed by atoms with E-state index in [-0.39, 0.29) is 18.0 Å². The molecular weight excluding hydrogens is 220 g/mol. The Labute approximate surface area is 101 Å². The normalized spacial score (nSPS) is 36.1. The van der Waals surface area contributed by atoms with E-state index in [1.54, 1.807) is 0 Å². The van der Waals surface area contributed by atoms with Crippen LogP contribution < -0.4 is 10.6 Å². The van der Waals surface area contributed by atoms with Crippen molar-refractivity contribution in [1.29, 1.82) is 0 Å². The van der Waals surface area contributed by atoms with Crippen LogP contribution in [-0.2, 0) is 4.79 Å². The van der Waals surface area contributed by atoms with Gasteiger partial charge in [-0.15, -0.1) is 0 Å². The predicted octanol–water partition coefficient (Wildman–Crippen LogP) is 1.34. The van der Waals surface area contributed by atoms with Crippen LogP contribution in [0.1, 0.15) is 39.0 Å². The van der Waals surface area contributed by atoms with Gasteiger partial charge in [0.15, 0.2) is 0 Å². The van der Waals surface area contributed by atoms with Crippen molar-refractivity contribution in [2.45, 2.75) is 51.1 Å². The molecule has 2 saturated carbocycles. The van der Waals surface area contributed by atoms with E-state index < -0.39 is 5.97 Å². The number of carboxylic acids is 1. The molecule has 2 aliphatic carbocycles. The van der Waals surface area contributed by atoms with Gasteiger partial charge in [0.05, 0.1) is 5.92 Å². The minimum absolute atomic E-state index is 0.0990. The SMILES string of the molecule is CC1CC1NC(=O)NC1CCC(C(=O)O)CC1. The van der Waals surface area contributed by atoms with Crippen LogP contribution in [0.4, 0.5) is 4.79 Å². The predicted molar refractivity (Wildman–Crippen MR) is 62.6 cm³/mol. The van der Waals surface area contributed by atoms with E-state index in [4.69, 9.17) is 5.11 Å². The maximum atomic E-state index is 11.6. The fraction of sp³-hybridized carbons (Fsp3) is 0.833. The van der Waals surface area contributed by atoms with Gasteiger partial charge in [0.25, 0.3) is 0 Å². The van der Waals surface area contributed by atoms with E-state index in [1.165, 1.54) is 0 Å². The number of aliphatic carboxylic acids is 1. The van der Waals surface area contributed by atoms with Crippen LogP contribution in [0.15, 0.2) is 0 Å². The van der Waals surface area contributed by atoms with Crippen molar-refractivity contribution in [3.8, 4) is 0 Å². The quantitative estimate of drug-likeness (QED) is 0.696. The molecular formula is C12H20N2O3. The highest BCUT2D eigenvalue weighted by atomic mass is 16.4. The molecule has 96 valence electrons. The molecule has 2 atom stereocenters. The Balaban J connectivity index is 1.67. The topological polar surface area (TPSA) is 78.4 Å². The Morgan fingerprint density at radius 1 is 1.12 bits per heavy atom. The molecule has 0 aromatic carbocycles. The van der Waals surface area contributed by atoms with Gasteiger partial charge in [0.2, 0.25) is 0 Å². The second-order valence-corrected chi connectivity index (χ2v) is 5.32. The van der Waals surface area contributed by atoms with Crippen molar-refractivity contribution in [2.24, 2.45) is 11.8 Å². The molecule has 0 aromatic heterocycles. The Morgan fingerprint density at radius 2 is 1.71 bits per heavy atom. The van der Waals surface area contributed by atoms with Gasteiger partial charge < -0.3 is 15.7 Å². The van der Waals surface area contributed by atoms with E-state index in [0.717, 1.165) is 19.3 Å². The van der Waals surface area contributed by atoms with Crippen molar-refractivity contribution < 1.29 is 14.7 Å². The maximum absolute atomic E-state index is 11.6. The molecule has 2 fully saturated rings. The Morgan fingerprint density at radius 3 is 2.18 bits per heavy atom. The third-order valence-corrected chi connectivity index (χ3v) is 3.84. The molecule has 17 heavy (non-hydrogen) atoms. The van der Waals surface area contributed by atoms with E-state index in [1.807, 2.05) is 0 Å². The average molecular weight is 240 g/mol. The number of carbonyl (C=O) groups is 2. The zero-order chi connectivity index (χ0) is 12.4. The number of carboxylic acid groups (broad SMARTS) is 1. The van der Waals surface area contributed by atoms with Crippen LogP contribution in [0.5, 0.6) is 0 Å². The first-order chi connectivity index (χ1) is 8.06. The van der Waals surface area contributed by atoms with Crippen molar-refractivity contribution in [1.82, 2.24) is 10.6 Å². The minimum Gasteiger partial charge on any atom is -0.481 e. The maximum Gasteiger partial charge on any atom is 0.315 e. The Kier molecular flexibility index (Phi) is 3.54. The zero-order valence-electron chi connectivity index (χ0n) is 10.1. The van der Waals surface area contributed by atoms with Gasteiger partial charge in [-0.1, -0.05) is 6.92 Å². The highest BCUT2D eigenvalue weighted by molar-refractivity contribution is 5.75. The van der Waals surface area contributed by atoms with Gasteiger partial charge in [-0.25, -0.2) is 4.79 Å². The molecule has 0 aromatic rings. The number of amides is 2. The molecule has 0 aliphatic heterocycles. The third kappa shape index (κ3) is 3.35. The fourth-order valence-corrected chi connectivity index (χ4v) is 2.40. The lowest BCUT2D eigenvalue weighted by Crippen LogP contribution is -2.45. The van der Waals surface area contributed by atoms with Gasteiger partial charge >= 0.3 is 12.0 Å². The van der Waals surface area contributed by atoms with Gasteiger partial charge in [0.1, 0.15) is 0 Å². The van der Waals surface area contributed by atoms with Gasteiger partial charge in [-0.05, 0) is 38.0 Å². The van der Waals surface area contributed by atoms with E-state index in [2.05, 4.69) is 17.6 Å². The summed E-state index contributed by atoms with van der Waals surface area (Å²) in [7, 11) is 0. The molecule has 5 heteroatoms. The largest absolute Gasteiger partial charge is 0.481 e. The summed E-state index contributed by atoms with van der Waals surface area (Å²) in [6.07, 6.45) is 3.94. The van der Waals surface area contributed by atoms with E-state index in [9.17, 15) is 9.59 Å². The lowest BCUT2D eigenvalue weighted by Gasteiger charge is -2.26. The van der Waals surface area contributed by atoms with Crippen molar-refractivity contribution >= 4 is 12.0 Å². The number of hydrogen-bond acceptors (Lipinski definition) is 2. The number of urea groups is 1. The molecule has 0 radical (unpaired) electrons. The molecule has 0 spiro atoms. The summed E-state index contributed by atoms with van der Waals surface area (Å²) in [5.41, 5.74) is 0. The summed E-state index contributed by atoms with van der Waals surface area (Å²) in [4.78, 5) is 22.4. The molecule has 2 aliphatic rings. The van der Waals surface area contributed by atoms with Crippen molar-refractivity contribution in [2.75, 3.05) is 0 Å². The van der Waals surface area contributed by atoms with E-state index >= 15 is 0 Å². The van der Waals surface area contributed by atoms with Gasteiger partial charge in [0, 0.05) is 12.1 Å². The number of hydrogen-bond donors (Lipinski definition) is 3. The monoisotopic (exact) mass is 240 g/mol. The van der Waals surface area contributed by atoms with Crippen LogP contribution in [-0.4, -0.2) is 29.2 Å². The zero-order valence-corrected chi connectivity index (χ0v) is 10.1. The summed E-state index contributed by atoms with van der Waals surface area (Å²) in [6, 6.07) is 0.378. The molecule has 0 heterocycles. The highest BCUT2D eigenvalue weighted by Gasteiger charge is 2.34. The molecule has 3 N–H and O–H groups in total. The van der Waals surface area contributed by atoms with Crippen LogP contribution >= 0.6 is 0 Å². The number of carbonyl (C=O) groups excluding carboxylic acids is 1. The Hall–Kier alpha value is -1.26. The van der Waals surface area contributed by atoms with Gasteiger partial charge in [-0.2, -0.15) is 0 Å². The summed E-state index contributed by atoms with van der Waals surface area (Å²) < 4.78 is 0. The lowest BCUT2D eigenvalue weighted by molar-refractivity contribution is -0.142. The van der Waals surface area contributed by atoms with Crippen LogP contribution in [0.2, 0.25) is 0 Å². The first-order valence-corrected chi connectivity index (χ1v) is 6.36. The first kappa shape index (κ1) is 12.2. The van der Waals surface area contributed by atoms with Crippen molar-refractivity contribution in [3.05, 3.63) is 0 Å². The third-order valence-electron chi connectivity index (χ3n) is 3.84. The first-order valence-electron chi connectivity index (χ1n) is 6.36. The lowest BCUT2D eigenvalue weighted by atomic mass is 9.86. The molecule has 2 unspecified atom stereocenters. The van der Waals surface area contributed by atoms with Gasteiger partial charge in [-0.3, -0.25) is 4.79 Å². The smallest absolute Gasteiger partial charge is 0.315 e. The molecule has 0 saturated heterocycles. The van der Waals surface area contributed by atoms with Crippen LogP contribution in [0.25, 0.3) is 0 Å². The molecule has 2 amide bonds. The molecule has 0 bridgehead atoms. The van der Waals surface area contributed by atoms with Crippen molar-refractivity contribution in [3.63, 3.8) is 0 Å². The highest BCUT2D eigenvalue weighted by Crippen LogP contribution is 2.29. The molecule has 2 rings (SSSR count). The standard InChI is InChI=1S/C12H20N2O3/c1-7-6-10(7)14-12(17)13-9-4-2-8(3-5-9)11(15)16/h7-10H,2-6H2,1H3,(H,15,16)(H2,13,14,17). The number of nitrogens with one attached hydrogen (secondary N) is 2. The summed E-state index contributed by atoms with van der Waals surface area (Å²) in [5.74, 6) is -0.331. The van der Waals surface area contributed by atoms with E-state index in [0.29, 0.717) is 24.8 Å². The summed E-state index contributed by atoms with van der Waals surface area (Å²) in [5, 5.41) is 14.7. The van der Waals surface area contributed by atoms with Crippen LogP contribution in [0, 0.1) is 11.8 Å².